The fraction of sp³-hybridized carbons (Fsp3) is 0.500. The Kier molecular flexibility index (Phi) is 5.45. The molecular weight excluding hydrogens is 322 g/mol. The molecule has 3 atom stereocenters. The molecule has 2 N–H and O–H groups in total. The highest BCUT2D eigenvalue weighted by Gasteiger charge is 2.17. The maximum Gasteiger partial charge on any atom is 0.231 e. The van der Waals surface area contributed by atoms with Gasteiger partial charge in [-0.25, -0.2) is 0 Å². The van der Waals surface area contributed by atoms with Crippen molar-refractivity contribution in [2.24, 2.45) is 0 Å². The summed E-state index contributed by atoms with van der Waals surface area (Å²) >= 11 is 0. The van der Waals surface area contributed by atoms with Crippen LogP contribution in [0.1, 0.15) is 25.5 Å². The topological polar surface area (TPSA) is 77.8 Å². The smallest absolute Gasteiger partial charge is 0.231 e. The minimum absolute atomic E-state index is 0.166. The molecule has 0 unspecified atom stereocenters. The zero-order valence-corrected chi connectivity index (χ0v) is 14.8. The van der Waals surface area contributed by atoms with Gasteiger partial charge in [0.15, 0.2) is 11.5 Å². The molecule has 0 amide bonds. The van der Waals surface area contributed by atoms with E-state index in [2.05, 4.69) is 24.3 Å². The van der Waals surface area contributed by atoms with Gasteiger partial charge in [0.1, 0.15) is 18.5 Å². The second-order valence-corrected chi connectivity index (χ2v) is 6.42. The van der Waals surface area contributed by atoms with Crippen LogP contribution >= 0.6 is 0 Å². The number of aliphatic hydroxyl groups is 1. The van der Waals surface area contributed by atoms with E-state index in [0.717, 1.165) is 5.56 Å². The SMILES string of the molecule is Cc1cnn([C@H](C)[C@@H](C)NC[C@@H](O)COc2ccc3c(c2)OCO3)c1. The molecule has 0 saturated heterocycles. The first-order chi connectivity index (χ1) is 12.0. The van der Waals surface area contributed by atoms with Gasteiger partial charge in [-0.05, 0) is 38.5 Å². The fourth-order valence-electron chi connectivity index (χ4n) is 2.60. The highest BCUT2D eigenvalue weighted by atomic mass is 16.7. The van der Waals surface area contributed by atoms with Gasteiger partial charge < -0.3 is 24.6 Å². The predicted molar refractivity (Wildman–Crippen MR) is 93.2 cm³/mol. The monoisotopic (exact) mass is 347 g/mol. The zero-order chi connectivity index (χ0) is 17.8. The summed E-state index contributed by atoms with van der Waals surface area (Å²) in [5.41, 5.74) is 1.14. The van der Waals surface area contributed by atoms with Crippen LogP contribution in [0.25, 0.3) is 0 Å². The van der Waals surface area contributed by atoms with Crippen molar-refractivity contribution >= 4 is 0 Å². The predicted octanol–water partition coefficient (Wildman–Crippen LogP) is 1.90. The average Bonchev–Trinajstić information content (AvgIpc) is 3.25. The third-order valence-electron chi connectivity index (χ3n) is 4.33. The van der Waals surface area contributed by atoms with Gasteiger partial charge in [-0.1, -0.05) is 0 Å². The van der Waals surface area contributed by atoms with Gasteiger partial charge in [0.05, 0.1) is 12.2 Å². The van der Waals surface area contributed by atoms with E-state index < -0.39 is 6.10 Å². The molecule has 0 spiro atoms. The van der Waals surface area contributed by atoms with Gasteiger partial charge in [0.2, 0.25) is 6.79 Å². The van der Waals surface area contributed by atoms with Crippen molar-refractivity contribution in [1.29, 1.82) is 0 Å². The molecule has 136 valence electrons. The number of aromatic nitrogens is 2. The Morgan fingerprint density at radius 2 is 2.12 bits per heavy atom. The van der Waals surface area contributed by atoms with Crippen molar-refractivity contribution < 1.29 is 19.3 Å². The molecular formula is C18H25N3O4. The number of nitrogens with zero attached hydrogens (tertiary/aromatic N) is 2. The molecule has 2 heterocycles. The molecule has 0 radical (unpaired) electrons. The summed E-state index contributed by atoms with van der Waals surface area (Å²) in [7, 11) is 0. The zero-order valence-electron chi connectivity index (χ0n) is 14.8. The van der Waals surface area contributed by atoms with Crippen molar-refractivity contribution in [2.75, 3.05) is 19.9 Å². The lowest BCUT2D eigenvalue weighted by molar-refractivity contribution is 0.102. The van der Waals surface area contributed by atoms with Crippen LogP contribution in [0, 0.1) is 6.92 Å². The molecule has 25 heavy (non-hydrogen) atoms. The van der Waals surface area contributed by atoms with Crippen LogP contribution in [-0.4, -0.2) is 47.0 Å². The van der Waals surface area contributed by atoms with Crippen LogP contribution in [0.5, 0.6) is 17.2 Å². The molecule has 1 aliphatic heterocycles. The summed E-state index contributed by atoms with van der Waals surface area (Å²) in [6, 6.07) is 5.74. The average molecular weight is 347 g/mol. The van der Waals surface area contributed by atoms with E-state index >= 15 is 0 Å². The minimum Gasteiger partial charge on any atom is -0.491 e. The number of aliphatic hydroxyl groups excluding tert-OH is 1. The molecule has 3 rings (SSSR count). The van der Waals surface area contributed by atoms with E-state index in [0.29, 0.717) is 23.8 Å². The number of nitrogens with one attached hydrogen (secondary N) is 1. The number of rotatable bonds is 8. The Bertz CT molecular complexity index is 703. The Hall–Kier alpha value is -2.25. The highest BCUT2D eigenvalue weighted by Crippen LogP contribution is 2.35. The van der Waals surface area contributed by atoms with E-state index in [-0.39, 0.29) is 25.5 Å². The van der Waals surface area contributed by atoms with Crippen LogP contribution in [0.15, 0.2) is 30.6 Å². The second kappa shape index (κ2) is 7.76. The first-order valence-corrected chi connectivity index (χ1v) is 8.47. The maximum atomic E-state index is 10.1. The lowest BCUT2D eigenvalue weighted by atomic mass is 10.1. The van der Waals surface area contributed by atoms with E-state index in [4.69, 9.17) is 14.2 Å². The number of aryl methyl sites for hydroxylation is 1. The van der Waals surface area contributed by atoms with E-state index in [1.807, 2.05) is 24.0 Å². The normalized spacial score (nSPS) is 16.5. The molecule has 1 aromatic carbocycles. The summed E-state index contributed by atoms with van der Waals surface area (Å²) < 4.78 is 18.1. The second-order valence-electron chi connectivity index (χ2n) is 6.42. The summed E-state index contributed by atoms with van der Waals surface area (Å²) in [6.45, 7) is 7.07. The molecule has 1 aromatic heterocycles. The largest absolute Gasteiger partial charge is 0.491 e. The van der Waals surface area contributed by atoms with Crippen LogP contribution in [0.2, 0.25) is 0 Å². The Morgan fingerprint density at radius 3 is 2.88 bits per heavy atom. The standard InChI is InChI=1S/C18H25N3O4/c1-12-7-20-21(9-12)14(3)13(2)19-8-15(22)10-23-16-4-5-17-18(6-16)25-11-24-17/h4-7,9,13-15,19,22H,8,10-11H2,1-3H3/t13-,14-,15-/m1/s1. The Balaban J connectivity index is 1.42. The molecule has 1 aliphatic rings. The maximum absolute atomic E-state index is 10.1. The molecule has 0 saturated carbocycles. The van der Waals surface area contributed by atoms with Crippen LogP contribution in [0.3, 0.4) is 0 Å². The fourth-order valence-corrected chi connectivity index (χ4v) is 2.60. The molecule has 7 nitrogen and oxygen atoms in total. The van der Waals surface area contributed by atoms with Gasteiger partial charge in [-0.2, -0.15) is 5.10 Å². The number of hydrogen-bond acceptors (Lipinski definition) is 6. The van der Waals surface area contributed by atoms with E-state index in [1.54, 1.807) is 18.2 Å². The van der Waals surface area contributed by atoms with E-state index in [9.17, 15) is 5.11 Å². The van der Waals surface area contributed by atoms with Crippen molar-refractivity contribution in [3.05, 3.63) is 36.2 Å². The third-order valence-corrected chi connectivity index (χ3v) is 4.33. The summed E-state index contributed by atoms with van der Waals surface area (Å²) in [4.78, 5) is 0. The summed E-state index contributed by atoms with van der Waals surface area (Å²) in [6.07, 6.45) is 3.25. The van der Waals surface area contributed by atoms with Crippen molar-refractivity contribution in [2.45, 2.75) is 39.0 Å². The Morgan fingerprint density at radius 1 is 1.32 bits per heavy atom. The summed E-state index contributed by atoms with van der Waals surface area (Å²) in [5, 5.41) is 17.8. The Labute approximate surface area is 147 Å². The molecule has 7 heteroatoms. The third kappa shape index (κ3) is 4.43. The highest BCUT2D eigenvalue weighted by molar-refractivity contribution is 5.46. The quantitative estimate of drug-likeness (QED) is 0.759. The first-order valence-electron chi connectivity index (χ1n) is 8.47. The van der Waals surface area contributed by atoms with E-state index in [1.165, 1.54) is 0 Å². The van der Waals surface area contributed by atoms with Gasteiger partial charge in [0, 0.05) is 24.8 Å². The lowest BCUT2D eigenvalue weighted by Gasteiger charge is -2.23. The number of fused-ring (bicyclic) bond motifs is 1. The lowest BCUT2D eigenvalue weighted by Crippen LogP contribution is -2.40. The van der Waals surface area contributed by atoms with Crippen molar-refractivity contribution in [3.63, 3.8) is 0 Å². The van der Waals surface area contributed by atoms with Crippen LogP contribution in [-0.2, 0) is 0 Å². The van der Waals surface area contributed by atoms with Gasteiger partial charge in [0.25, 0.3) is 0 Å². The van der Waals surface area contributed by atoms with Gasteiger partial charge in [-0.15, -0.1) is 0 Å². The van der Waals surface area contributed by atoms with Crippen LogP contribution in [0.4, 0.5) is 0 Å². The molecule has 0 aliphatic carbocycles. The number of ether oxygens (including phenoxy) is 3. The molecule has 2 aromatic rings. The van der Waals surface area contributed by atoms with Crippen molar-refractivity contribution in [1.82, 2.24) is 15.1 Å². The van der Waals surface area contributed by atoms with Gasteiger partial charge in [-0.3, -0.25) is 4.68 Å². The van der Waals surface area contributed by atoms with Crippen molar-refractivity contribution in [3.8, 4) is 17.2 Å². The minimum atomic E-state index is -0.612. The molecule has 0 bridgehead atoms. The molecule has 0 fully saturated rings. The van der Waals surface area contributed by atoms with Crippen LogP contribution < -0.4 is 19.5 Å². The van der Waals surface area contributed by atoms with Gasteiger partial charge >= 0.3 is 0 Å². The summed E-state index contributed by atoms with van der Waals surface area (Å²) in [5.74, 6) is 2.03. The first kappa shape index (κ1) is 17.6. The number of benzene rings is 1. The number of hydrogen-bond donors (Lipinski definition) is 2.